The van der Waals surface area contributed by atoms with Crippen LogP contribution in [0.2, 0.25) is 0 Å². The Kier molecular flexibility index (Phi) is 7.31. The molecule has 13 heteroatoms. The van der Waals surface area contributed by atoms with E-state index >= 15 is 0 Å². The highest BCUT2D eigenvalue weighted by Crippen LogP contribution is 2.32. The third-order valence-electron chi connectivity index (χ3n) is 5.18. The summed E-state index contributed by atoms with van der Waals surface area (Å²) in [6.45, 7) is -0.806. The number of benzene rings is 1. The van der Waals surface area contributed by atoms with Crippen molar-refractivity contribution in [3.63, 3.8) is 0 Å². The van der Waals surface area contributed by atoms with Crippen LogP contribution in [0, 0.1) is 0 Å². The third kappa shape index (κ3) is 5.43. The van der Waals surface area contributed by atoms with Crippen molar-refractivity contribution >= 4 is 55.8 Å². The zero-order chi connectivity index (χ0) is 25.2. The molecule has 0 bridgehead atoms. The number of hydrogen-bond acceptors (Lipinski definition) is 7. The van der Waals surface area contributed by atoms with E-state index in [1.54, 1.807) is 41.1 Å². The Balaban J connectivity index is 1.68. The number of aliphatic hydroxyl groups is 1. The number of allylic oxidation sites excluding steroid dienone is 3. The number of hydrogen-bond donors (Lipinski definition) is 2. The SMILES string of the molecule is O=C(O)CN(c1ccc2c(ccn2-c2ccc(OCCO)nn2)c1)S(=O)(=O)C1C=C(Cl)C=C(Cl)C1. The number of aromatic nitrogens is 3. The summed E-state index contributed by atoms with van der Waals surface area (Å²) in [6, 6.07) is 9.83. The fourth-order valence-corrected chi connectivity index (χ4v) is 6.17. The summed E-state index contributed by atoms with van der Waals surface area (Å²) >= 11 is 12.1. The smallest absolute Gasteiger partial charge is 0.324 e. The van der Waals surface area contributed by atoms with Crippen molar-refractivity contribution in [2.75, 3.05) is 24.1 Å². The first kappa shape index (κ1) is 25.0. The molecule has 1 aliphatic rings. The molecule has 35 heavy (non-hydrogen) atoms. The van der Waals surface area contributed by atoms with Gasteiger partial charge in [-0.2, -0.15) is 0 Å². The molecule has 0 aliphatic heterocycles. The van der Waals surface area contributed by atoms with Gasteiger partial charge in [0.15, 0.2) is 5.82 Å². The molecule has 1 unspecified atom stereocenters. The lowest BCUT2D eigenvalue weighted by atomic mass is 10.2. The zero-order valence-corrected chi connectivity index (χ0v) is 20.4. The maximum absolute atomic E-state index is 13.4. The van der Waals surface area contributed by atoms with Crippen LogP contribution in [0.5, 0.6) is 5.88 Å². The molecule has 2 aromatic heterocycles. The van der Waals surface area contributed by atoms with Crippen molar-refractivity contribution in [2.24, 2.45) is 0 Å². The van der Waals surface area contributed by atoms with Gasteiger partial charge in [-0.3, -0.25) is 13.7 Å². The number of halogens is 2. The number of carboxylic acids is 1. The lowest BCUT2D eigenvalue weighted by molar-refractivity contribution is -0.135. The second kappa shape index (κ2) is 10.2. The monoisotopic (exact) mass is 538 g/mol. The molecule has 2 heterocycles. The molecule has 10 nitrogen and oxygen atoms in total. The highest BCUT2D eigenvalue weighted by Gasteiger charge is 2.34. The standard InChI is InChI=1S/C22H20Cl2N4O6S/c23-15-10-16(24)12-18(11-15)35(32,33)28(13-22(30)31)17-1-2-19-14(9-17)5-6-27(19)20-3-4-21(26-25-20)34-8-7-29/h1-6,9-11,18,29H,7-8,12-13H2,(H,30,31). The summed E-state index contributed by atoms with van der Waals surface area (Å²) < 4.78 is 34.6. The first-order valence-electron chi connectivity index (χ1n) is 10.3. The normalized spacial score (nSPS) is 16.0. The Morgan fingerprint density at radius 1 is 1.20 bits per heavy atom. The Hall–Kier alpha value is -3.12. The van der Waals surface area contributed by atoms with E-state index in [0.717, 1.165) is 4.31 Å². The minimum absolute atomic E-state index is 0.00840. The maximum Gasteiger partial charge on any atom is 0.324 e. The van der Waals surface area contributed by atoms with Gasteiger partial charge < -0.3 is 14.9 Å². The van der Waals surface area contributed by atoms with Crippen LogP contribution < -0.4 is 9.04 Å². The number of carboxylic acid groups (broad SMARTS) is 1. The first-order valence-corrected chi connectivity index (χ1v) is 12.6. The van der Waals surface area contributed by atoms with Crippen LogP contribution in [0.4, 0.5) is 5.69 Å². The molecule has 2 N–H and O–H groups in total. The van der Waals surface area contributed by atoms with E-state index in [2.05, 4.69) is 10.2 Å². The molecule has 3 aromatic rings. The predicted octanol–water partition coefficient (Wildman–Crippen LogP) is 3.03. The average molecular weight is 539 g/mol. The number of carbonyl (C=O) groups is 1. The number of rotatable bonds is 9. The second-order valence-electron chi connectivity index (χ2n) is 7.56. The van der Waals surface area contributed by atoms with Gasteiger partial charge in [0.05, 0.1) is 17.8 Å². The Labute approximate surface area is 210 Å². The number of fused-ring (bicyclic) bond motifs is 1. The highest BCUT2D eigenvalue weighted by molar-refractivity contribution is 7.93. The molecule has 184 valence electrons. The van der Waals surface area contributed by atoms with Gasteiger partial charge in [0.2, 0.25) is 15.9 Å². The van der Waals surface area contributed by atoms with E-state index in [9.17, 15) is 18.3 Å². The molecular weight excluding hydrogens is 519 g/mol. The maximum atomic E-state index is 13.4. The van der Waals surface area contributed by atoms with E-state index in [1.807, 2.05) is 0 Å². The molecule has 0 saturated carbocycles. The van der Waals surface area contributed by atoms with Crippen LogP contribution in [0.25, 0.3) is 16.7 Å². The van der Waals surface area contributed by atoms with Crippen LogP contribution in [-0.2, 0) is 14.8 Å². The Morgan fingerprint density at radius 2 is 2.00 bits per heavy atom. The van der Waals surface area contributed by atoms with E-state index in [1.165, 1.54) is 18.2 Å². The molecule has 0 fully saturated rings. The molecular formula is C22H20Cl2N4O6S. The number of sulfonamides is 1. The van der Waals surface area contributed by atoms with Crippen molar-refractivity contribution in [3.05, 3.63) is 64.8 Å². The van der Waals surface area contributed by atoms with Crippen molar-refractivity contribution in [1.82, 2.24) is 14.8 Å². The quantitative estimate of drug-likeness (QED) is 0.424. The number of aliphatic carboxylic acids is 1. The van der Waals surface area contributed by atoms with Crippen molar-refractivity contribution in [2.45, 2.75) is 11.7 Å². The second-order valence-corrected chi connectivity index (χ2v) is 10.6. The minimum Gasteiger partial charge on any atom is -0.480 e. The van der Waals surface area contributed by atoms with Crippen LogP contribution >= 0.6 is 23.2 Å². The van der Waals surface area contributed by atoms with Crippen molar-refractivity contribution in [1.29, 1.82) is 0 Å². The van der Waals surface area contributed by atoms with Crippen LogP contribution in [-0.4, -0.2) is 64.4 Å². The summed E-state index contributed by atoms with van der Waals surface area (Å²) in [7, 11) is -4.16. The molecule has 1 aromatic carbocycles. The summed E-state index contributed by atoms with van der Waals surface area (Å²) in [5.41, 5.74) is 0.887. The predicted molar refractivity (Wildman–Crippen MR) is 132 cm³/mol. The molecule has 0 radical (unpaired) electrons. The van der Waals surface area contributed by atoms with Gasteiger partial charge in [0.25, 0.3) is 0 Å². The van der Waals surface area contributed by atoms with Gasteiger partial charge in [0, 0.05) is 34.1 Å². The van der Waals surface area contributed by atoms with Crippen LogP contribution in [0.3, 0.4) is 0 Å². The van der Waals surface area contributed by atoms with Gasteiger partial charge >= 0.3 is 5.97 Å². The van der Waals surface area contributed by atoms with Gasteiger partial charge in [-0.15, -0.1) is 10.2 Å². The molecule has 0 spiro atoms. The first-order chi connectivity index (χ1) is 16.7. The molecule has 4 rings (SSSR count). The van der Waals surface area contributed by atoms with Crippen molar-refractivity contribution < 1.29 is 28.2 Å². The lowest BCUT2D eigenvalue weighted by Gasteiger charge is -2.28. The number of ether oxygens (including phenoxy) is 1. The lowest BCUT2D eigenvalue weighted by Crippen LogP contribution is -2.41. The zero-order valence-electron chi connectivity index (χ0n) is 18.1. The Morgan fingerprint density at radius 3 is 2.66 bits per heavy atom. The minimum atomic E-state index is -4.16. The fraction of sp³-hybridized carbons (Fsp3) is 0.227. The molecule has 0 amide bonds. The van der Waals surface area contributed by atoms with E-state index in [4.69, 9.17) is 33.0 Å². The van der Waals surface area contributed by atoms with Gasteiger partial charge in [-0.25, -0.2) is 8.42 Å². The topological polar surface area (TPSA) is 135 Å². The van der Waals surface area contributed by atoms with E-state index in [-0.39, 0.29) is 41.3 Å². The number of nitrogens with zero attached hydrogens (tertiary/aromatic N) is 4. The number of anilines is 1. The third-order valence-corrected chi connectivity index (χ3v) is 7.70. The average Bonchev–Trinajstić information content (AvgIpc) is 3.24. The molecule has 1 aliphatic carbocycles. The fourth-order valence-electron chi connectivity index (χ4n) is 3.64. The Bertz CT molecular complexity index is 1420. The summed E-state index contributed by atoms with van der Waals surface area (Å²) in [6.07, 6.45) is 4.53. The molecule has 1 atom stereocenters. The summed E-state index contributed by atoms with van der Waals surface area (Å²) in [5, 5.41) is 26.3. The van der Waals surface area contributed by atoms with Crippen LogP contribution in [0.15, 0.2) is 64.8 Å². The van der Waals surface area contributed by atoms with Crippen LogP contribution in [0.1, 0.15) is 6.42 Å². The highest BCUT2D eigenvalue weighted by atomic mass is 35.5. The van der Waals surface area contributed by atoms with Gasteiger partial charge in [0.1, 0.15) is 18.4 Å². The molecule has 0 saturated heterocycles. The largest absolute Gasteiger partial charge is 0.480 e. The van der Waals surface area contributed by atoms with Crippen molar-refractivity contribution in [3.8, 4) is 11.7 Å². The number of aliphatic hydroxyl groups excluding tert-OH is 1. The van der Waals surface area contributed by atoms with Gasteiger partial charge in [-0.05, 0) is 42.5 Å². The van der Waals surface area contributed by atoms with Gasteiger partial charge in [-0.1, -0.05) is 23.2 Å². The van der Waals surface area contributed by atoms with E-state index < -0.39 is 27.8 Å². The van der Waals surface area contributed by atoms with E-state index in [0.29, 0.717) is 16.7 Å². The summed E-state index contributed by atoms with van der Waals surface area (Å²) in [4.78, 5) is 11.6. The summed E-state index contributed by atoms with van der Waals surface area (Å²) in [5.74, 6) is -0.553.